The summed E-state index contributed by atoms with van der Waals surface area (Å²) in [6.45, 7) is 3.66. The summed E-state index contributed by atoms with van der Waals surface area (Å²) in [5.74, 6) is 0.215. The van der Waals surface area contributed by atoms with Crippen LogP contribution in [0.5, 0.6) is 5.75 Å². The van der Waals surface area contributed by atoms with E-state index in [0.29, 0.717) is 17.7 Å². The Morgan fingerprint density at radius 3 is 2.53 bits per heavy atom. The minimum absolute atomic E-state index is 0.0499. The van der Waals surface area contributed by atoms with Gasteiger partial charge in [-0.1, -0.05) is 19.1 Å². The van der Waals surface area contributed by atoms with Crippen LogP contribution in [-0.2, 0) is 9.53 Å². The normalized spacial score (nSPS) is 9.76. The Hall–Kier alpha value is -1.84. The second-order valence-electron chi connectivity index (χ2n) is 3.47. The van der Waals surface area contributed by atoms with Crippen LogP contribution in [0.3, 0.4) is 0 Å². The quantitative estimate of drug-likeness (QED) is 0.431. The number of ketones is 1. The van der Waals surface area contributed by atoms with E-state index >= 15 is 0 Å². The largest absolute Gasteiger partial charge is 0.489 e. The van der Waals surface area contributed by atoms with Crippen molar-refractivity contribution in [2.24, 2.45) is 0 Å². The van der Waals surface area contributed by atoms with Crippen molar-refractivity contribution in [2.45, 2.75) is 20.3 Å². The molecule has 0 radical (unpaired) electrons. The Labute approximate surface area is 101 Å². The third-order valence-corrected chi connectivity index (χ3v) is 2.16. The molecule has 0 saturated heterocycles. The van der Waals surface area contributed by atoms with Crippen molar-refractivity contribution in [3.63, 3.8) is 0 Å². The minimum Gasteiger partial charge on any atom is -0.489 e. The van der Waals surface area contributed by atoms with Gasteiger partial charge in [-0.2, -0.15) is 0 Å². The molecule has 0 unspecified atom stereocenters. The number of para-hydroxylation sites is 1. The Morgan fingerprint density at radius 1 is 1.18 bits per heavy atom. The number of carbonyl (C=O) groups is 2. The van der Waals surface area contributed by atoms with Crippen LogP contribution < -0.4 is 4.74 Å². The van der Waals surface area contributed by atoms with Crippen molar-refractivity contribution in [3.8, 4) is 5.75 Å². The predicted octanol–water partition coefficient (Wildman–Crippen LogP) is 2.22. The van der Waals surface area contributed by atoms with E-state index in [0.717, 1.165) is 0 Å². The highest BCUT2D eigenvalue weighted by Gasteiger charge is 2.07. The van der Waals surface area contributed by atoms with Gasteiger partial charge in [0.15, 0.2) is 5.78 Å². The van der Waals surface area contributed by atoms with Crippen LogP contribution in [0.1, 0.15) is 30.6 Å². The molecule has 0 amide bonds. The molecule has 0 aliphatic rings. The van der Waals surface area contributed by atoms with Gasteiger partial charge in [0.05, 0.1) is 5.56 Å². The van der Waals surface area contributed by atoms with Crippen LogP contribution in [0.15, 0.2) is 24.3 Å². The molecule has 17 heavy (non-hydrogen) atoms. The van der Waals surface area contributed by atoms with Crippen molar-refractivity contribution in [3.05, 3.63) is 29.8 Å². The lowest BCUT2D eigenvalue weighted by Crippen LogP contribution is -2.12. The third kappa shape index (κ3) is 4.26. The Balaban J connectivity index is 2.46. The standard InChI is InChI=1S/C13H16O4/c1-3-13(15)17-9-8-16-12-7-5-4-6-11(12)10(2)14/h4-7H,3,8-9H2,1-2H3. The number of hydrogen-bond donors (Lipinski definition) is 0. The molecule has 0 aliphatic heterocycles. The fourth-order valence-electron chi connectivity index (χ4n) is 1.29. The van der Waals surface area contributed by atoms with E-state index in [1.54, 1.807) is 31.2 Å². The monoisotopic (exact) mass is 236 g/mol. The number of hydrogen-bond acceptors (Lipinski definition) is 4. The first-order chi connectivity index (χ1) is 8.15. The van der Waals surface area contributed by atoms with Gasteiger partial charge < -0.3 is 9.47 Å². The van der Waals surface area contributed by atoms with E-state index in [4.69, 9.17) is 9.47 Å². The summed E-state index contributed by atoms with van der Waals surface area (Å²) >= 11 is 0. The van der Waals surface area contributed by atoms with Gasteiger partial charge >= 0.3 is 5.97 Å². The van der Waals surface area contributed by atoms with Gasteiger partial charge in [-0.15, -0.1) is 0 Å². The number of esters is 1. The summed E-state index contributed by atoms with van der Waals surface area (Å²) in [5, 5.41) is 0. The third-order valence-electron chi connectivity index (χ3n) is 2.16. The van der Waals surface area contributed by atoms with E-state index in [1.165, 1.54) is 6.92 Å². The molecule has 0 N–H and O–H groups in total. The molecule has 0 fully saturated rings. The topological polar surface area (TPSA) is 52.6 Å². The first-order valence-corrected chi connectivity index (χ1v) is 5.53. The molecule has 1 aromatic rings. The van der Waals surface area contributed by atoms with Crippen molar-refractivity contribution in [1.82, 2.24) is 0 Å². The van der Waals surface area contributed by atoms with Crippen LogP contribution >= 0.6 is 0 Å². The zero-order chi connectivity index (χ0) is 12.7. The fourth-order valence-corrected chi connectivity index (χ4v) is 1.29. The number of carbonyl (C=O) groups excluding carboxylic acids is 2. The van der Waals surface area contributed by atoms with Gasteiger partial charge in [0.1, 0.15) is 19.0 Å². The molecule has 0 bridgehead atoms. The molecule has 0 aromatic heterocycles. The van der Waals surface area contributed by atoms with E-state index in [9.17, 15) is 9.59 Å². The second kappa shape index (κ2) is 6.68. The molecule has 0 spiro atoms. The summed E-state index contributed by atoms with van der Waals surface area (Å²) in [5.41, 5.74) is 0.536. The lowest BCUT2D eigenvalue weighted by Gasteiger charge is -2.09. The average Bonchev–Trinajstić information content (AvgIpc) is 2.34. The van der Waals surface area contributed by atoms with Gasteiger partial charge in [-0.05, 0) is 19.1 Å². The molecule has 0 aliphatic carbocycles. The highest BCUT2D eigenvalue weighted by atomic mass is 16.6. The Morgan fingerprint density at radius 2 is 1.88 bits per heavy atom. The van der Waals surface area contributed by atoms with Crippen molar-refractivity contribution >= 4 is 11.8 Å². The van der Waals surface area contributed by atoms with Gasteiger partial charge in [-0.3, -0.25) is 9.59 Å². The van der Waals surface area contributed by atoms with E-state index in [1.807, 2.05) is 0 Å². The zero-order valence-corrected chi connectivity index (χ0v) is 10.1. The van der Waals surface area contributed by atoms with Crippen LogP contribution in [-0.4, -0.2) is 25.0 Å². The molecule has 0 atom stereocenters. The summed E-state index contributed by atoms with van der Waals surface area (Å²) in [4.78, 5) is 22.2. The van der Waals surface area contributed by atoms with Crippen LogP contribution in [0, 0.1) is 0 Å². The molecule has 4 heteroatoms. The van der Waals surface area contributed by atoms with Crippen molar-refractivity contribution in [1.29, 1.82) is 0 Å². The molecular weight excluding hydrogens is 220 g/mol. The van der Waals surface area contributed by atoms with Crippen LogP contribution in [0.2, 0.25) is 0 Å². The lowest BCUT2D eigenvalue weighted by molar-refractivity contribution is -0.143. The number of rotatable bonds is 6. The van der Waals surface area contributed by atoms with Gasteiger partial charge in [0, 0.05) is 6.42 Å². The van der Waals surface area contributed by atoms with E-state index < -0.39 is 0 Å². The predicted molar refractivity (Wildman–Crippen MR) is 63.2 cm³/mol. The summed E-state index contributed by atoms with van der Waals surface area (Å²) in [7, 11) is 0. The summed E-state index contributed by atoms with van der Waals surface area (Å²) in [6, 6.07) is 6.99. The van der Waals surface area contributed by atoms with Gasteiger partial charge in [0.2, 0.25) is 0 Å². The van der Waals surface area contributed by atoms with E-state index in [-0.39, 0.29) is 25.0 Å². The molecular formula is C13H16O4. The van der Waals surface area contributed by atoms with E-state index in [2.05, 4.69) is 0 Å². The molecule has 4 nitrogen and oxygen atoms in total. The Kier molecular flexibility index (Phi) is 5.20. The SMILES string of the molecule is CCC(=O)OCCOc1ccccc1C(C)=O. The summed E-state index contributed by atoms with van der Waals surface area (Å²) in [6.07, 6.45) is 0.351. The first kappa shape index (κ1) is 13.2. The number of ether oxygens (including phenoxy) is 2. The molecule has 0 heterocycles. The summed E-state index contributed by atoms with van der Waals surface area (Å²) < 4.78 is 10.3. The van der Waals surface area contributed by atoms with Crippen LogP contribution in [0.4, 0.5) is 0 Å². The smallest absolute Gasteiger partial charge is 0.305 e. The van der Waals surface area contributed by atoms with Crippen molar-refractivity contribution in [2.75, 3.05) is 13.2 Å². The lowest BCUT2D eigenvalue weighted by atomic mass is 10.1. The average molecular weight is 236 g/mol. The second-order valence-corrected chi connectivity index (χ2v) is 3.47. The molecule has 1 rings (SSSR count). The molecule has 0 saturated carbocycles. The molecule has 1 aromatic carbocycles. The number of Topliss-reactive ketones (excluding diaryl/α,β-unsaturated/α-hetero) is 1. The van der Waals surface area contributed by atoms with Crippen molar-refractivity contribution < 1.29 is 19.1 Å². The Bertz CT molecular complexity index is 398. The van der Waals surface area contributed by atoms with Crippen LogP contribution in [0.25, 0.3) is 0 Å². The minimum atomic E-state index is -0.256. The van der Waals surface area contributed by atoms with Gasteiger partial charge in [-0.25, -0.2) is 0 Å². The maximum absolute atomic E-state index is 11.3. The zero-order valence-electron chi connectivity index (χ0n) is 10.1. The highest BCUT2D eigenvalue weighted by molar-refractivity contribution is 5.96. The number of benzene rings is 1. The van der Waals surface area contributed by atoms with Gasteiger partial charge in [0.25, 0.3) is 0 Å². The first-order valence-electron chi connectivity index (χ1n) is 5.53. The molecule has 92 valence electrons. The maximum atomic E-state index is 11.3. The maximum Gasteiger partial charge on any atom is 0.305 e. The fraction of sp³-hybridized carbons (Fsp3) is 0.385. The highest BCUT2D eigenvalue weighted by Crippen LogP contribution is 2.18.